The molecular formula is C27H34N4O3. The van der Waals surface area contributed by atoms with Crippen LogP contribution in [0.5, 0.6) is 11.5 Å². The van der Waals surface area contributed by atoms with Crippen molar-refractivity contribution in [2.24, 2.45) is 0 Å². The Bertz CT molecular complexity index is 1120. The number of nitrogens with one attached hydrogen (secondary N) is 1. The van der Waals surface area contributed by atoms with Crippen LogP contribution in [0.15, 0.2) is 42.9 Å². The molecular weight excluding hydrogens is 428 g/mol. The summed E-state index contributed by atoms with van der Waals surface area (Å²) in [6, 6.07) is 10.3. The first-order valence-electron chi connectivity index (χ1n) is 11.9. The number of carbonyl (C=O) groups excluding carboxylic acids is 1. The molecule has 0 aliphatic carbocycles. The number of nitrogens with zero attached hydrogens (tertiary/aromatic N) is 3. The molecule has 1 amide bonds. The fourth-order valence-electron chi connectivity index (χ4n) is 4.83. The van der Waals surface area contributed by atoms with E-state index in [1.165, 1.54) is 11.1 Å². The molecule has 0 saturated heterocycles. The molecule has 0 saturated carbocycles. The van der Waals surface area contributed by atoms with Crippen LogP contribution in [0.4, 0.5) is 0 Å². The van der Waals surface area contributed by atoms with Gasteiger partial charge in [0.05, 0.1) is 20.5 Å². The first kappa shape index (κ1) is 23.8. The van der Waals surface area contributed by atoms with Crippen molar-refractivity contribution in [3.63, 3.8) is 0 Å². The molecule has 0 bridgehead atoms. The molecule has 1 N–H and O–H groups in total. The van der Waals surface area contributed by atoms with Gasteiger partial charge in [-0.05, 0) is 62.1 Å². The summed E-state index contributed by atoms with van der Waals surface area (Å²) in [6.45, 7) is 9.22. The topological polar surface area (TPSA) is 70.7 Å². The van der Waals surface area contributed by atoms with Crippen LogP contribution in [0.25, 0.3) is 11.1 Å². The minimum Gasteiger partial charge on any atom is -0.493 e. The Labute approximate surface area is 201 Å². The summed E-state index contributed by atoms with van der Waals surface area (Å²) in [5.74, 6) is 1.50. The van der Waals surface area contributed by atoms with Gasteiger partial charge in [0.15, 0.2) is 11.5 Å². The van der Waals surface area contributed by atoms with Gasteiger partial charge in [-0.1, -0.05) is 12.1 Å². The second-order valence-electron chi connectivity index (χ2n) is 8.71. The number of methoxy groups -OCH3 is 2. The molecule has 1 aliphatic rings. The highest BCUT2D eigenvalue weighted by molar-refractivity contribution is 5.95. The Morgan fingerprint density at radius 2 is 1.91 bits per heavy atom. The van der Waals surface area contributed by atoms with Crippen molar-refractivity contribution < 1.29 is 14.3 Å². The van der Waals surface area contributed by atoms with E-state index in [1.54, 1.807) is 20.5 Å². The van der Waals surface area contributed by atoms with E-state index in [1.807, 2.05) is 49.2 Å². The summed E-state index contributed by atoms with van der Waals surface area (Å²) >= 11 is 0. The molecule has 0 fully saturated rings. The summed E-state index contributed by atoms with van der Waals surface area (Å²) in [4.78, 5) is 24.5. The number of aromatic amines is 1. The van der Waals surface area contributed by atoms with Crippen LogP contribution in [0, 0.1) is 0 Å². The van der Waals surface area contributed by atoms with E-state index >= 15 is 0 Å². The first-order valence-corrected chi connectivity index (χ1v) is 11.9. The zero-order chi connectivity index (χ0) is 24.2. The molecule has 7 heteroatoms. The van der Waals surface area contributed by atoms with Gasteiger partial charge in [0.1, 0.15) is 0 Å². The maximum Gasteiger partial charge on any atom is 0.253 e. The second kappa shape index (κ2) is 10.3. The van der Waals surface area contributed by atoms with Gasteiger partial charge in [0.2, 0.25) is 0 Å². The normalized spacial score (nSPS) is 15.6. The molecule has 1 atom stereocenters. The van der Waals surface area contributed by atoms with Crippen LogP contribution in [0.1, 0.15) is 48.0 Å². The number of rotatable bonds is 8. The summed E-state index contributed by atoms with van der Waals surface area (Å²) in [5, 5.41) is 0. The van der Waals surface area contributed by atoms with Crippen molar-refractivity contribution in [2.45, 2.75) is 46.3 Å². The van der Waals surface area contributed by atoms with Crippen molar-refractivity contribution in [1.82, 2.24) is 19.8 Å². The number of ether oxygens (including phenoxy) is 2. The fourth-order valence-corrected chi connectivity index (χ4v) is 4.83. The summed E-state index contributed by atoms with van der Waals surface area (Å²) < 4.78 is 11.6. The van der Waals surface area contributed by atoms with Crippen molar-refractivity contribution in [1.29, 1.82) is 0 Å². The zero-order valence-corrected chi connectivity index (χ0v) is 20.7. The molecule has 1 aromatic heterocycles. The Hall–Kier alpha value is -3.32. The van der Waals surface area contributed by atoms with Gasteiger partial charge < -0.3 is 19.4 Å². The van der Waals surface area contributed by atoms with Crippen molar-refractivity contribution >= 4 is 5.91 Å². The van der Waals surface area contributed by atoms with E-state index in [0.29, 0.717) is 24.7 Å². The number of amides is 1. The largest absolute Gasteiger partial charge is 0.493 e. The van der Waals surface area contributed by atoms with Crippen LogP contribution < -0.4 is 9.47 Å². The molecule has 3 aromatic rings. The summed E-state index contributed by atoms with van der Waals surface area (Å²) in [6.07, 6.45) is 4.51. The van der Waals surface area contributed by atoms with Crippen LogP contribution in [-0.2, 0) is 19.5 Å². The predicted octanol–water partition coefficient (Wildman–Crippen LogP) is 4.52. The van der Waals surface area contributed by atoms with E-state index in [0.717, 1.165) is 47.8 Å². The number of aromatic nitrogens is 2. The number of benzene rings is 2. The van der Waals surface area contributed by atoms with E-state index in [9.17, 15) is 4.79 Å². The highest BCUT2D eigenvalue weighted by Gasteiger charge is 2.29. The van der Waals surface area contributed by atoms with E-state index in [-0.39, 0.29) is 5.91 Å². The lowest BCUT2D eigenvalue weighted by Gasteiger charge is -2.36. The minimum atomic E-state index is 0.0516. The maximum atomic E-state index is 12.8. The molecule has 1 unspecified atom stereocenters. The molecule has 2 aromatic carbocycles. The predicted molar refractivity (Wildman–Crippen MR) is 133 cm³/mol. The highest BCUT2D eigenvalue weighted by Crippen LogP contribution is 2.45. The number of hydrogen-bond acceptors (Lipinski definition) is 5. The number of carbonyl (C=O) groups is 1. The van der Waals surface area contributed by atoms with Crippen molar-refractivity contribution in [2.75, 3.05) is 27.3 Å². The van der Waals surface area contributed by atoms with E-state index in [4.69, 9.17) is 9.47 Å². The number of H-pyrrole nitrogens is 1. The first-order chi connectivity index (χ1) is 16.5. The Kier molecular flexibility index (Phi) is 7.22. The second-order valence-corrected chi connectivity index (χ2v) is 8.71. The number of hydrogen-bond donors (Lipinski definition) is 1. The Morgan fingerprint density at radius 1 is 1.18 bits per heavy atom. The van der Waals surface area contributed by atoms with Crippen LogP contribution in [0.2, 0.25) is 0 Å². The van der Waals surface area contributed by atoms with Gasteiger partial charge in [0, 0.05) is 55.2 Å². The molecule has 34 heavy (non-hydrogen) atoms. The zero-order valence-electron chi connectivity index (χ0n) is 20.7. The standard InChI is InChI=1S/C27H34N4O3/c1-6-30(7-2)27(32)20-10-8-19(9-11-20)25-23-16-31(15-22-14-28-17-29-22)18(3)12-21(23)13-24(33-4)26(25)34-5/h8-11,13-14,17-18H,6-7,12,15-16H2,1-5H3,(H,28,29). The minimum absolute atomic E-state index is 0.0516. The molecule has 7 nitrogen and oxygen atoms in total. The molecule has 2 heterocycles. The van der Waals surface area contributed by atoms with Gasteiger partial charge in [-0.15, -0.1) is 0 Å². The maximum absolute atomic E-state index is 12.8. The lowest BCUT2D eigenvalue weighted by molar-refractivity contribution is 0.0773. The quantitative estimate of drug-likeness (QED) is 0.533. The van der Waals surface area contributed by atoms with E-state index < -0.39 is 0 Å². The van der Waals surface area contributed by atoms with Crippen LogP contribution in [-0.4, -0.2) is 59.0 Å². The van der Waals surface area contributed by atoms with E-state index in [2.05, 4.69) is 27.9 Å². The molecule has 4 rings (SSSR count). The van der Waals surface area contributed by atoms with Crippen LogP contribution >= 0.6 is 0 Å². The molecule has 1 aliphatic heterocycles. The van der Waals surface area contributed by atoms with Gasteiger partial charge in [0.25, 0.3) is 5.91 Å². The average Bonchev–Trinajstić information content (AvgIpc) is 3.37. The average molecular weight is 463 g/mol. The monoisotopic (exact) mass is 462 g/mol. The molecule has 0 radical (unpaired) electrons. The Balaban J connectivity index is 1.76. The Morgan fingerprint density at radius 3 is 2.50 bits per heavy atom. The summed E-state index contributed by atoms with van der Waals surface area (Å²) in [5.41, 5.74) is 6.33. The van der Waals surface area contributed by atoms with Gasteiger partial charge >= 0.3 is 0 Å². The highest BCUT2D eigenvalue weighted by atomic mass is 16.5. The van der Waals surface area contributed by atoms with Gasteiger partial charge in [-0.2, -0.15) is 0 Å². The SMILES string of the molecule is CCN(CC)C(=O)c1ccc(-c2c3c(cc(OC)c2OC)CC(C)N(Cc2cnc[nH]2)C3)cc1. The fraction of sp³-hybridized carbons (Fsp3) is 0.407. The third-order valence-electron chi connectivity index (χ3n) is 6.77. The smallest absolute Gasteiger partial charge is 0.253 e. The number of fused-ring (bicyclic) bond motifs is 1. The third kappa shape index (κ3) is 4.53. The molecule has 0 spiro atoms. The lowest BCUT2D eigenvalue weighted by Crippen LogP contribution is -2.38. The summed E-state index contributed by atoms with van der Waals surface area (Å²) in [7, 11) is 3.36. The van der Waals surface area contributed by atoms with Gasteiger partial charge in [-0.25, -0.2) is 4.98 Å². The number of imidazole rings is 1. The van der Waals surface area contributed by atoms with Crippen molar-refractivity contribution in [3.05, 3.63) is 65.2 Å². The van der Waals surface area contributed by atoms with Crippen LogP contribution in [0.3, 0.4) is 0 Å². The third-order valence-corrected chi connectivity index (χ3v) is 6.77. The van der Waals surface area contributed by atoms with Gasteiger partial charge in [-0.3, -0.25) is 9.69 Å². The lowest BCUT2D eigenvalue weighted by atomic mass is 9.87. The molecule has 180 valence electrons. The van der Waals surface area contributed by atoms with Crippen molar-refractivity contribution in [3.8, 4) is 22.6 Å².